The van der Waals surface area contributed by atoms with Gasteiger partial charge in [-0.2, -0.15) is 0 Å². The molecule has 232 valence electrons. The fourth-order valence-electron chi connectivity index (χ4n) is 6.36. The molecule has 1 aromatic heterocycles. The molecular formula is C35H47N3O4S. The number of methoxy groups -OCH3 is 2. The normalized spacial score (nSPS) is 22.1. The Labute approximate surface area is 261 Å². The Kier molecular flexibility index (Phi) is 11.6. The van der Waals surface area contributed by atoms with Crippen molar-refractivity contribution in [3.05, 3.63) is 66.1 Å². The third kappa shape index (κ3) is 8.82. The average Bonchev–Trinajstić information content (AvgIpc) is 3.50. The van der Waals surface area contributed by atoms with Gasteiger partial charge in [-0.1, -0.05) is 41.7 Å². The van der Waals surface area contributed by atoms with Crippen LogP contribution in [0.2, 0.25) is 0 Å². The van der Waals surface area contributed by atoms with E-state index >= 15 is 0 Å². The van der Waals surface area contributed by atoms with Gasteiger partial charge in [0.1, 0.15) is 5.76 Å². The van der Waals surface area contributed by atoms with E-state index in [0.29, 0.717) is 23.6 Å². The van der Waals surface area contributed by atoms with Gasteiger partial charge < -0.3 is 19.7 Å². The standard InChI is InChI=1S/C35H47N3O4S/c1-23(2)32(41-5)19-10-24(3)27-13-11-26(12-14-27)22-38(34(40)28-15-17-30(18-16-28)37-25(4)39)31-9-7-8-29(20-31)33-21-36-35(42-6)43-33/h7-10,19-21,26-28,30H,3,11-18,22H2,1-2,4-6H3,(H,37,39)/b19-10-/t26-,27-,28-,30-. The van der Waals surface area contributed by atoms with E-state index in [1.807, 2.05) is 37.1 Å². The van der Waals surface area contributed by atoms with E-state index in [-0.39, 0.29) is 23.8 Å². The number of thiazole rings is 1. The highest BCUT2D eigenvalue weighted by Gasteiger charge is 2.33. The molecule has 2 saturated carbocycles. The molecule has 2 amide bonds. The van der Waals surface area contributed by atoms with Crippen LogP contribution in [0.1, 0.15) is 72.1 Å². The first-order valence-electron chi connectivity index (χ1n) is 15.5. The minimum absolute atomic E-state index is 0.00206. The lowest BCUT2D eigenvalue weighted by molar-refractivity contribution is -0.123. The van der Waals surface area contributed by atoms with E-state index in [9.17, 15) is 9.59 Å². The van der Waals surface area contributed by atoms with Crippen molar-refractivity contribution in [2.24, 2.45) is 17.8 Å². The lowest BCUT2D eigenvalue weighted by Gasteiger charge is -2.36. The lowest BCUT2D eigenvalue weighted by Crippen LogP contribution is -2.44. The van der Waals surface area contributed by atoms with Crippen molar-refractivity contribution in [1.82, 2.24) is 10.3 Å². The Morgan fingerprint density at radius 2 is 1.72 bits per heavy atom. The SMILES string of the molecule is C=C(/C=C\C(OC)=C(C)C)[C@H]1CC[C@H](CN(c2cccc(-c3cnc(OC)s3)c2)C(=O)[C@H]2CC[C@H](NC(C)=O)CC2)CC1. The Bertz CT molecular complexity index is 1330. The van der Waals surface area contributed by atoms with Gasteiger partial charge in [0.2, 0.25) is 11.8 Å². The molecule has 1 heterocycles. The number of aromatic nitrogens is 1. The van der Waals surface area contributed by atoms with Gasteiger partial charge in [0.05, 0.1) is 19.1 Å². The van der Waals surface area contributed by atoms with Crippen LogP contribution < -0.4 is 15.0 Å². The molecule has 0 unspecified atom stereocenters. The van der Waals surface area contributed by atoms with Crippen LogP contribution in [0.25, 0.3) is 10.4 Å². The second kappa shape index (κ2) is 15.4. The highest BCUT2D eigenvalue weighted by atomic mass is 32.1. The molecule has 2 aliphatic rings. The first-order valence-corrected chi connectivity index (χ1v) is 16.3. The number of nitrogens with zero attached hydrogens (tertiary/aromatic N) is 2. The molecule has 0 radical (unpaired) electrons. The van der Waals surface area contributed by atoms with Crippen molar-refractivity contribution in [3.63, 3.8) is 0 Å². The van der Waals surface area contributed by atoms with Gasteiger partial charge in [0.15, 0.2) is 0 Å². The number of rotatable bonds is 11. The van der Waals surface area contributed by atoms with E-state index in [0.717, 1.165) is 84.4 Å². The summed E-state index contributed by atoms with van der Waals surface area (Å²) >= 11 is 1.50. The van der Waals surface area contributed by atoms with Crippen LogP contribution in [-0.2, 0) is 14.3 Å². The lowest BCUT2D eigenvalue weighted by atomic mass is 9.78. The maximum atomic E-state index is 14.2. The molecule has 2 aromatic rings. The number of hydrogen-bond donors (Lipinski definition) is 1. The van der Waals surface area contributed by atoms with Gasteiger partial charge in [-0.15, -0.1) is 0 Å². The Morgan fingerprint density at radius 1 is 1.02 bits per heavy atom. The van der Waals surface area contributed by atoms with Gasteiger partial charge in [-0.25, -0.2) is 4.98 Å². The van der Waals surface area contributed by atoms with Crippen LogP contribution in [0.3, 0.4) is 0 Å². The predicted octanol–water partition coefficient (Wildman–Crippen LogP) is 7.71. The fraction of sp³-hybridized carbons (Fsp3) is 0.514. The summed E-state index contributed by atoms with van der Waals surface area (Å²) in [6.07, 6.45) is 13.5. The number of carbonyl (C=O) groups excluding carboxylic acids is 2. The summed E-state index contributed by atoms with van der Waals surface area (Å²) in [6, 6.07) is 8.42. The van der Waals surface area contributed by atoms with Crippen LogP contribution in [0.5, 0.6) is 5.19 Å². The number of ether oxygens (including phenoxy) is 2. The summed E-state index contributed by atoms with van der Waals surface area (Å²) < 4.78 is 10.8. The van der Waals surface area contributed by atoms with E-state index in [2.05, 4.69) is 41.2 Å². The average molecular weight is 606 g/mol. The van der Waals surface area contributed by atoms with Crippen LogP contribution in [0, 0.1) is 17.8 Å². The zero-order chi connectivity index (χ0) is 30.9. The first kappa shape index (κ1) is 32.5. The number of carbonyl (C=O) groups is 2. The summed E-state index contributed by atoms with van der Waals surface area (Å²) in [5.74, 6) is 1.91. The minimum atomic E-state index is -0.0384. The molecule has 0 spiro atoms. The summed E-state index contributed by atoms with van der Waals surface area (Å²) in [5, 5.41) is 3.66. The molecule has 7 nitrogen and oxygen atoms in total. The van der Waals surface area contributed by atoms with Gasteiger partial charge in [-0.05, 0) is 106 Å². The number of amides is 2. The van der Waals surface area contributed by atoms with Gasteiger partial charge in [0, 0.05) is 37.3 Å². The van der Waals surface area contributed by atoms with E-state index in [1.54, 1.807) is 21.1 Å². The Hall–Kier alpha value is -3.39. The molecule has 0 bridgehead atoms. The third-order valence-electron chi connectivity index (χ3n) is 8.82. The fourth-order valence-corrected chi connectivity index (χ4v) is 7.09. The second-order valence-electron chi connectivity index (χ2n) is 12.1. The number of anilines is 1. The molecule has 2 fully saturated rings. The number of hydrogen-bond acceptors (Lipinski definition) is 6. The van der Waals surface area contributed by atoms with Crippen LogP contribution in [0.15, 0.2) is 66.1 Å². The molecule has 0 saturated heterocycles. The summed E-state index contributed by atoms with van der Waals surface area (Å²) in [7, 11) is 3.33. The second-order valence-corrected chi connectivity index (χ2v) is 13.1. The molecule has 1 N–H and O–H groups in total. The topological polar surface area (TPSA) is 80.8 Å². The monoisotopic (exact) mass is 605 g/mol. The van der Waals surface area contributed by atoms with Crippen LogP contribution in [0.4, 0.5) is 5.69 Å². The molecule has 0 atom stereocenters. The molecule has 1 aromatic carbocycles. The Morgan fingerprint density at radius 3 is 2.33 bits per heavy atom. The highest BCUT2D eigenvalue weighted by molar-refractivity contribution is 7.16. The highest BCUT2D eigenvalue weighted by Crippen LogP contribution is 2.37. The zero-order valence-electron chi connectivity index (χ0n) is 26.4. The minimum Gasteiger partial charge on any atom is -0.497 e. The van der Waals surface area contributed by atoms with Crippen LogP contribution in [-0.4, -0.2) is 43.6 Å². The molecule has 43 heavy (non-hydrogen) atoms. The summed E-state index contributed by atoms with van der Waals surface area (Å²) in [4.78, 5) is 33.1. The van der Waals surface area contributed by atoms with E-state index in [1.165, 1.54) is 11.3 Å². The maximum absolute atomic E-state index is 14.2. The van der Waals surface area contributed by atoms with Crippen molar-refractivity contribution in [2.45, 2.75) is 78.2 Å². The van der Waals surface area contributed by atoms with Crippen molar-refractivity contribution in [1.29, 1.82) is 0 Å². The van der Waals surface area contributed by atoms with Crippen molar-refractivity contribution >= 4 is 28.8 Å². The van der Waals surface area contributed by atoms with Crippen molar-refractivity contribution in [3.8, 4) is 15.6 Å². The zero-order valence-corrected chi connectivity index (χ0v) is 27.2. The number of allylic oxidation sites excluding steroid dienone is 4. The first-order chi connectivity index (χ1) is 20.7. The quantitative estimate of drug-likeness (QED) is 0.210. The maximum Gasteiger partial charge on any atom is 0.273 e. The third-order valence-corrected chi connectivity index (χ3v) is 9.83. The number of nitrogens with one attached hydrogen (secondary N) is 1. The number of benzene rings is 1. The largest absolute Gasteiger partial charge is 0.497 e. The predicted molar refractivity (Wildman–Crippen MR) is 175 cm³/mol. The molecular weight excluding hydrogens is 558 g/mol. The van der Waals surface area contributed by atoms with E-state index in [4.69, 9.17) is 9.47 Å². The Balaban J connectivity index is 1.48. The van der Waals surface area contributed by atoms with Gasteiger partial charge in [0.25, 0.3) is 5.19 Å². The summed E-state index contributed by atoms with van der Waals surface area (Å²) in [6.45, 7) is 10.7. The van der Waals surface area contributed by atoms with Crippen molar-refractivity contribution < 1.29 is 19.1 Å². The molecule has 2 aliphatic carbocycles. The van der Waals surface area contributed by atoms with Crippen molar-refractivity contribution in [2.75, 3.05) is 25.7 Å². The summed E-state index contributed by atoms with van der Waals surface area (Å²) in [5.41, 5.74) is 4.25. The van der Waals surface area contributed by atoms with Gasteiger partial charge in [-0.3, -0.25) is 9.59 Å². The smallest absolute Gasteiger partial charge is 0.273 e. The molecule has 0 aliphatic heterocycles. The molecule has 8 heteroatoms. The van der Waals surface area contributed by atoms with Crippen LogP contribution >= 0.6 is 11.3 Å². The van der Waals surface area contributed by atoms with E-state index < -0.39 is 0 Å². The van der Waals surface area contributed by atoms with Gasteiger partial charge >= 0.3 is 0 Å². The molecule has 4 rings (SSSR count).